The van der Waals surface area contributed by atoms with Crippen molar-refractivity contribution in [3.63, 3.8) is 0 Å². The minimum Gasteiger partial charge on any atom is -0.493 e. The Hall–Kier alpha value is -1.00. The van der Waals surface area contributed by atoms with Crippen molar-refractivity contribution in [3.8, 4) is 11.5 Å². The molecule has 0 amide bonds. The molecule has 0 spiro atoms. The van der Waals surface area contributed by atoms with Crippen LogP contribution in [0.15, 0.2) is 22.7 Å². The molecular formula is C15H22BrNO2. The summed E-state index contributed by atoms with van der Waals surface area (Å²) in [5, 5.41) is 3.33. The van der Waals surface area contributed by atoms with Crippen LogP contribution in [0.4, 0.5) is 0 Å². The van der Waals surface area contributed by atoms with Crippen LogP contribution in [0.25, 0.3) is 6.08 Å². The molecule has 3 nitrogen and oxygen atoms in total. The molecule has 0 radical (unpaired) electrons. The van der Waals surface area contributed by atoms with E-state index in [0.717, 1.165) is 41.0 Å². The van der Waals surface area contributed by atoms with Crippen molar-refractivity contribution in [1.82, 2.24) is 5.32 Å². The van der Waals surface area contributed by atoms with Gasteiger partial charge >= 0.3 is 0 Å². The Kier molecular flexibility index (Phi) is 7.60. The van der Waals surface area contributed by atoms with E-state index in [2.05, 4.69) is 40.3 Å². The van der Waals surface area contributed by atoms with Crippen LogP contribution in [0, 0.1) is 0 Å². The van der Waals surface area contributed by atoms with Crippen LogP contribution < -0.4 is 14.8 Å². The van der Waals surface area contributed by atoms with Crippen molar-refractivity contribution in [1.29, 1.82) is 0 Å². The number of hydrogen-bond acceptors (Lipinski definition) is 3. The van der Waals surface area contributed by atoms with Crippen LogP contribution in [0.1, 0.15) is 25.8 Å². The Bertz CT molecular complexity index is 419. The van der Waals surface area contributed by atoms with E-state index in [9.17, 15) is 0 Å². The SMILES string of the molecule is CCCNCC=Cc1cc(Br)c(OCC)c(OC)c1. The first-order chi connectivity index (χ1) is 9.22. The lowest BCUT2D eigenvalue weighted by Gasteiger charge is -2.12. The van der Waals surface area contributed by atoms with Gasteiger partial charge in [-0.15, -0.1) is 0 Å². The zero-order valence-corrected chi connectivity index (χ0v) is 13.4. The lowest BCUT2D eigenvalue weighted by Crippen LogP contribution is -2.13. The fourth-order valence-corrected chi connectivity index (χ4v) is 2.25. The third-order valence-corrected chi connectivity index (χ3v) is 3.13. The molecule has 0 atom stereocenters. The summed E-state index contributed by atoms with van der Waals surface area (Å²) in [6.45, 7) is 6.65. The van der Waals surface area contributed by atoms with Gasteiger partial charge in [-0.3, -0.25) is 0 Å². The molecule has 0 aliphatic carbocycles. The van der Waals surface area contributed by atoms with Gasteiger partial charge in [0.05, 0.1) is 18.2 Å². The van der Waals surface area contributed by atoms with E-state index >= 15 is 0 Å². The molecule has 4 heteroatoms. The Balaban J connectivity index is 2.77. The molecule has 1 N–H and O–H groups in total. The minimum absolute atomic E-state index is 0.616. The minimum atomic E-state index is 0.616. The fourth-order valence-electron chi connectivity index (χ4n) is 1.68. The van der Waals surface area contributed by atoms with Gasteiger partial charge in [0, 0.05) is 6.54 Å². The number of hydrogen-bond donors (Lipinski definition) is 1. The van der Waals surface area contributed by atoms with Crippen molar-refractivity contribution in [2.24, 2.45) is 0 Å². The summed E-state index contributed by atoms with van der Waals surface area (Å²) in [6, 6.07) is 4.01. The largest absolute Gasteiger partial charge is 0.493 e. The Morgan fingerprint density at radius 1 is 1.32 bits per heavy atom. The van der Waals surface area contributed by atoms with Crippen LogP contribution in [-0.2, 0) is 0 Å². The van der Waals surface area contributed by atoms with Gasteiger partial charge in [-0.1, -0.05) is 19.1 Å². The first kappa shape index (κ1) is 16.1. The quantitative estimate of drug-likeness (QED) is 0.735. The Morgan fingerprint density at radius 2 is 2.11 bits per heavy atom. The lowest BCUT2D eigenvalue weighted by molar-refractivity contribution is 0.309. The highest BCUT2D eigenvalue weighted by atomic mass is 79.9. The van der Waals surface area contributed by atoms with Gasteiger partial charge in [0.2, 0.25) is 0 Å². The highest BCUT2D eigenvalue weighted by Crippen LogP contribution is 2.36. The van der Waals surface area contributed by atoms with E-state index in [0.29, 0.717) is 6.61 Å². The van der Waals surface area contributed by atoms with Crippen LogP contribution in [0.2, 0.25) is 0 Å². The Morgan fingerprint density at radius 3 is 2.74 bits per heavy atom. The second kappa shape index (κ2) is 8.99. The standard InChI is InChI=1S/C15H22BrNO2/c1-4-8-17-9-6-7-12-10-13(16)15(19-5-2)14(11-12)18-3/h6-7,10-11,17H,4-5,8-9H2,1-3H3. The Labute approximate surface area is 124 Å². The lowest BCUT2D eigenvalue weighted by atomic mass is 10.2. The van der Waals surface area contributed by atoms with Crippen molar-refractivity contribution < 1.29 is 9.47 Å². The maximum absolute atomic E-state index is 5.56. The van der Waals surface area contributed by atoms with Crippen LogP contribution >= 0.6 is 15.9 Å². The summed E-state index contributed by atoms with van der Waals surface area (Å²) >= 11 is 3.52. The van der Waals surface area contributed by atoms with Gasteiger partial charge < -0.3 is 14.8 Å². The second-order valence-corrected chi connectivity index (χ2v) is 4.93. The molecule has 19 heavy (non-hydrogen) atoms. The van der Waals surface area contributed by atoms with Gasteiger partial charge in [-0.2, -0.15) is 0 Å². The maximum atomic E-state index is 5.56. The molecule has 0 saturated carbocycles. The molecule has 0 heterocycles. The second-order valence-electron chi connectivity index (χ2n) is 4.07. The number of methoxy groups -OCH3 is 1. The average Bonchev–Trinajstić information content (AvgIpc) is 2.41. The first-order valence-electron chi connectivity index (χ1n) is 6.60. The van der Waals surface area contributed by atoms with Crippen LogP contribution in [0.5, 0.6) is 11.5 Å². The van der Waals surface area contributed by atoms with Gasteiger partial charge in [-0.25, -0.2) is 0 Å². The van der Waals surface area contributed by atoms with E-state index in [4.69, 9.17) is 9.47 Å². The van der Waals surface area contributed by atoms with Gasteiger partial charge in [0.1, 0.15) is 0 Å². The molecule has 1 aromatic carbocycles. The number of halogens is 1. The highest BCUT2D eigenvalue weighted by molar-refractivity contribution is 9.10. The van der Waals surface area contributed by atoms with Gasteiger partial charge in [-0.05, 0) is 53.5 Å². The van der Waals surface area contributed by atoms with E-state index in [1.165, 1.54) is 0 Å². The molecule has 0 unspecified atom stereocenters. The molecule has 0 fully saturated rings. The third kappa shape index (κ3) is 5.25. The molecule has 0 aromatic heterocycles. The highest BCUT2D eigenvalue weighted by Gasteiger charge is 2.09. The maximum Gasteiger partial charge on any atom is 0.175 e. The van der Waals surface area contributed by atoms with Crippen LogP contribution in [0.3, 0.4) is 0 Å². The molecule has 1 aromatic rings. The summed E-state index contributed by atoms with van der Waals surface area (Å²) in [4.78, 5) is 0. The molecule has 0 saturated heterocycles. The normalized spacial score (nSPS) is 10.9. The van der Waals surface area contributed by atoms with E-state index in [-0.39, 0.29) is 0 Å². The smallest absolute Gasteiger partial charge is 0.175 e. The summed E-state index contributed by atoms with van der Waals surface area (Å²) in [6.07, 6.45) is 5.33. The average molecular weight is 328 g/mol. The van der Waals surface area contributed by atoms with E-state index < -0.39 is 0 Å². The van der Waals surface area contributed by atoms with Gasteiger partial charge in [0.15, 0.2) is 11.5 Å². The predicted octanol–water partition coefficient (Wildman–Crippen LogP) is 3.87. The van der Waals surface area contributed by atoms with Crippen molar-refractivity contribution >= 4 is 22.0 Å². The molecular weight excluding hydrogens is 306 g/mol. The van der Waals surface area contributed by atoms with E-state index in [1.807, 2.05) is 19.1 Å². The first-order valence-corrected chi connectivity index (χ1v) is 7.39. The van der Waals surface area contributed by atoms with Crippen molar-refractivity contribution in [2.75, 3.05) is 26.8 Å². The van der Waals surface area contributed by atoms with Crippen LogP contribution in [-0.4, -0.2) is 26.8 Å². The van der Waals surface area contributed by atoms with E-state index in [1.54, 1.807) is 7.11 Å². The predicted molar refractivity (Wildman–Crippen MR) is 84.1 cm³/mol. The number of benzene rings is 1. The fraction of sp³-hybridized carbons (Fsp3) is 0.467. The molecule has 106 valence electrons. The van der Waals surface area contributed by atoms with Crippen molar-refractivity contribution in [3.05, 3.63) is 28.2 Å². The molecule has 1 rings (SSSR count). The summed E-state index contributed by atoms with van der Waals surface area (Å²) < 4.78 is 11.8. The number of rotatable bonds is 8. The monoisotopic (exact) mass is 327 g/mol. The number of ether oxygens (including phenoxy) is 2. The van der Waals surface area contributed by atoms with Gasteiger partial charge in [0.25, 0.3) is 0 Å². The topological polar surface area (TPSA) is 30.5 Å². The van der Waals surface area contributed by atoms with Crippen molar-refractivity contribution in [2.45, 2.75) is 20.3 Å². The molecule has 0 aliphatic heterocycles. The summed E-state index contributed by atoms with van der Waals surface area (Å²) in [5.74, 6) is 1.50. The summed E-state index contributed by atoms with van der Waals surface area (Å²) in [5.41, 5.74) is 1.09. The zero-order valence-electron chi connectivity index (χ0n) is 11.8. The molecule has 0 aliphatic rings. The zero-order chi connectivity index (χ0) is 14.1. The number of nitrogens with one attached hydrogen (secondary N) is 1. The third-order valence-electron chi connectivity index (χ3n) is 2.54. The molecule has 0 bridgehead atoms. The summed E-state index contributed by atoms with van der Waals surface area (Å²) in [7, 11) is 1.65.